The van der Waals surface area contributed by atoms with Gasteiger partial charge in [0.1, 0.15) is 11.5 Å². The molecule has 27 heavy (non-hydrogen) atoms. The number of phenolic OH excluding ortho intramolecular Hbond substituents is 1. The van der Waals surface area contributed by atoms with Crippen molar-refractivity contribution in [3.63, 3.8) is 0 Å². The van der Waals surface area contributed by atoms with Gasteiger partial charge in [0.25, 0.3) is 5.91 Å². The molecule has 0 unspecified atom stereocenters. The van der Waals surface area contributed by atoms with Crippen molar-refractivity contribution < 1.29 is 14.6 Å². The van der Waals surface area contributed by atoms with Crippen LogP contribution in [0.3, 0.4) is 0 Å². The molecule has 140 valence electrons. The van der Waals surface area contributed by atoms with Crippen molar-refractivity contribution in [1.29, 1.82) is 0 Å². The van der Waals surface area contributed by atoms with Crippen LogP contribution in [-0.4, -0.2) is 34.7 Å². The summed E-state index contributed by atoms with van der Waals surface area (Å²) in [7, 11) is 1.61. The molecule has 0 aliphatic carbocycles. The Balaban J connectivity index is 1.94. The second kappa shape index (κ2) is 8.63. The standard InChI is InChI=1S/C20H19BrN2O3S/c1-3-10-23-19(25)18(12-13-11-14(21)4-9-17(13)24)27-20(23)22-15-5-7-16(26-2)8-6-15/h4-9,11-12,24H,3,10H2,1-2H3/b18-12+,22-20?. The largest absolute Gasteiger partial charge is 0.507 e. The molecule has 1 aliphatic rings. The smallest absolute Gasteiger partial charge is 0.266 e. The Morgan fingerprint density at radius 3 is 2.67 bits per heavy atom. The SMILES string of the molecule is CCCN1C(=O)/C(=C\c2cc(Br)ccc2O)SC1=Nc1ccc(OC)cc1. The Morgan fingerprint density at radius 1 is 1.26 bits per heavy atom. The molecule has 0 saturated carbocycles. The van der Waals surface area contributed by atoms with Crippen molar-refractivity contribution in [2.75, 3.05) is 13.7 Å². The highest BCUT2D eigenvalue weighted by Gasteiger charge is 2.33. The van der Waals surface area contributed by atoms with Gasteiger partial charge in [-0.05, 0) is 66.7 Å². The number of rotatable bonds is 5. The minimum atomic E-state index is -0.103. The quantitative estimate of drug-likeness (QED) is 0.642. The molecule has 1 heterocycles. The first-order valence-corrected chi connectivity index (χ1v) is 10.1. The van der Waals surface area contributed by atoms with Crippen molar-refractivity contribution >= 4 is 50.5 Å². The molecule has 0 spiro atoms. The predicted molar refractivity (Wildman–Crippen MR) is 113 cm³/mol. The van der Waals surface area contributed by atoms with Crippen molar-refractivity contribution in [3.8, 4) is 11.5 Å². The third-order valence-electron chi connectivity index (χ3n) is 3.91. The number of amidine groups is 1. The number of aliphatic imine (C=N–C) groups is 1. The molecule has 5 nitrogen and oxygen atoms in total. The lowest BCUT2D eigenvalue weighted by Gasteiger charge is -2.14. The molecule has 0 bridgehead atoms. The van der Waals surface area contributed by atoms with Crippen molar-refractivity contribution in [3.05, 3.63) is 57.4 Å². The number of carbonyl (C=O) groups is 1. The van der Waals surface area contributed by atoms with Gasteiger partial charge in [-0.15, -0.1) is 0 Å². The van der Waals surface area contributed by atoms with E-state index in [-0.39, 0.29) is 11.7 Å². The molecule has 7 heteroatoms. The average molecular weight is 447 g/mol. The van der Waals surface area contributed by atoms with Crippen molar-refractivity contribution in [2.24, 2.45) is 4.99 Å². The molecule has 1 N–H and O–H groups in total. The maximum absolute atomic E-state index is 12.8. The molecule has 1 amide bonds. The van der Waals surface area contributed by atoms with Gasteiger partial charge in [-0.3, -0.25) is 9.69 Å². The first-order valence-electron chi connectivity index (χ1n) is 8.44. The number of halogens is 1. The second-order valence-corrected chi connectivity index (χ2v) is 7.79. The van der Waals surface area contributed by atoms with Gasteiger partial charge in [-0.2, -0.15) is 0 Å². The van der Waals surface area contributed by atoms with Crippen LogP contribution >= 0.6 is 27.7 Å². The highest BCUT2D eigenvalue weighted by Crippen LogP contribution is 2.36. The van der Waals surface area contributed by atoms with Crippen molar-refractivity contribution in [2.45, 2.75) is 13.3 Å². The van der Waals surface area contributed by atoms with E-state index >= 15 is 0 Å². The number of hydrogen-bond donors (Lipinski definition) is 1. The molecule has 3 rings (SSSR count). The number of carbonyl (C=O) groups excluding carboxylic acids is 1. The van der Waals surface area contributed by atoms with Crippen LogP contribution in [0, 0.1) is 0 Å². The van der Waals surface area contributed by atoms with E-state index in [4.69, 9.17) is 4.74 Å². The van der Waals surface area contributed by atoms with E-state index in [9.17, 15) is 9.90 Å². The van der Waals surface area contributed by atoms with Gasteiger partial charge in [-0.25, -0.2) is 4.99 Å². The Hall–Kier alpha value is -2.25. The van der Waals surface area contributed by atoms with E-state index in [2.05, 4.69) is 20.9 Å². The molecule has 2 aromatic rings. The normalized spacial score (nSPS) is 17.1. The maximum Gasteiger partial charge on any atom is 0.266 e. The monoisotopic (exact) mass is 446 g/mol. The molecule has 0 radical (unpaired) electrons. The van der Waals surface area contributed by atoms with E-state index in [1.165, 1.54) is 11.8 Å². The van der Waals surface area contributed by atoms with Gasteiger partial charge in [0.05, 0.1) is 17.7 Å². The minimum absolute atomic E-state index is 0.103. The van der Waals surface area contributed by atoms with Gasteiger partial charge in [0.2, 0.25) is 0 Å². The first-order chi connectivity index (χ1) is 13.0. The summed E-state index contributed by atoms with van der Waals surface area (Å²) in [6, 6.07) is 12.5. The lowest BCUT2D eigenvalue weighted by molar-refractivity contribution is -0.122. The predicted octanol–water partition coefficient (Wildman–Crippen LogP) is 5.18. The number of phenols is 1. The van der Waals surface area contributed by atoms with Crippen LogP contribution in [0.1, 0.15) is 18.9 Å². The summed E-state index contributed by atoms with van der Waals surface area (Å²) in [4.78, 5) is 19.7. The fourth-order valence-electron chi connectivity index (χ4n) is 2.56. The molecular weight excluding hydrogens is 428 g/mol. The third kappa shape index (κ3) is 4.54. The molecule has 1 fully saturated rings. The first kappa shape index (κ1) is 19.5. The van der Waals surface area contributed by atoms with Crippen LogP contribution in [0.4, 0.5) is 5.69 Å². The third-order valence-corrected chi connectivity index (χ3v) is 5.41. The molecule has 1 aliphatic heterocycles. The van der Waals surface area contributed by atoms with Gasteiger partial charge in [-0.1, -0.05) is 22.9 Å². The lowest BCUT2D eigenvalue weighted by atomic mass is 10.2. The Bertz CT molecular complexity index is 910. The average Bonchev–Trinajstić information content (AvgIpc) is 2.94. The number of ether oxygens (including phenoxy) is 1. The summed E-state index contributed by atoms with van der Waals surface area (Å²) in [5.41, 5.74) is 1.33. The topological polar surface area (TPSA) is 62.1 Å². The summed E-state index contributed by atoms with van der Waals surface area (Å²) in [6.45, 7) is 2.60. The van der Waals surface area contributed by atoms with Crippen LogP contribution in [0.15, 0.2) is 56.8 Å². The number of aromatic hydroxyl groups is 1. The Kier molecular flexibility index (Phi) is 6.23. The molecule has 1 saturated heterocycles. The number of nitrogens with zero attached hydrogens (tertiary/aromatic N) is 2. The maximum atomic E-state index is 12.8. The van der Waals surface area contributed by atoms with Crippen LogP contribution in [0.2, 0.25) is 0 Å². The fourth-order valence-corrected chi connectivity index (χ4v) is 3.96. The fraction of sp³-hybridized carbons (Fsp3) is 0.200. The Morgan fingerprint density at radius 2 is 2.00 bits per heavy atom. The van der Waals surface area contributed by atoms with Gasteiger partial charge >= 0.3 is 0 Å². The number of hydrogen-bond acceptors (Lipinski definition) is 5. The van der Waals surface area contributed by atoms with E-state index in [1.54, 1.807) is 36.3 Å². The molecule has 0 atom stereocenters. The van der Waals surface area contributed by atoms with E-state index in [0.717, 1.165) is 22.3 Å². The summed E-state index contributed by atoms with van der Waals surface area (Å²) in [5.74, 6) is 0.778. The van der Waals surface area contributed by atoms with E-state index < -0.39 is 0 Å². The zero-order chi connectivity index (χ0) is 19.4. The zero-order valence-electron chi connectivity index (χ0n) is 15.0. The van der Waals surface area contributed by atoms with Crippen LogP contribution in [0.25, 0.3) is 6.08 Å². The van der Waals surface area contributed by atoms with Crippen molar-refractivity contribution in [1.82, 2.24) is 4.90 Å². The molecule has 2 aromatic carbocycles. The van der Waals surface area contributed by atoms with E-state index in [0.29, 0.717) is 22.2 Å². The van der Waals surface area contributed by atoms with Gasteiger partial charge in [0.15, 0.2) is 5.17 Å². The van der Waals surface area contributed by atoms with Crippen LogP contribution < -0.4 is 4.74 Å². The highest BCUT2D eigenvalue weighted by molar-refractivity contribution is 9.10. The summed E-state index contributed by atoms with van der Waals surface area (Å²) in [6.07, 6.45) is 2.52. The number of methoxy groups -OCH3 is 1. The summed E-state index contributed by atoms with van der Waals surface area (Å²) in [5, 5.41) is 10.7. The van der Waals surface area contributed by atoms with Crippen LogP contribution in [-0.2, 0) is 4.79 Å². The number of amides is 1. The summed E-state index contributed by atoms with van der Waals surface area (Å²) < 4.78 is 6.00. The van der Waals surface area contributed by atoms with Gasteiger partial charge in [0, 0.05) is 16.6 Å². The van der Waals surface area contributed by atoms with E-state index in [1.807, 2.05) is 31.2 Å². The Labute approximate surface area is 170 Å². The minimum Gasteiger partial charge on any atom is -0.507 e. The number of benzene rings is 2. The van der Waals surface area contributed by atoms with Crippen LogP contribution in [0.5, 0.6) is 11.5 Å². The summed E-state index contributed by atoms with van der Waals surface area (Å²) >= 11 is 4.70. The second-order valence-electron chi connectivity index (χ2n) is 5.86. The highest BCUT2D eigenvalue weighted by atomic mass is 79.9. The zero-order valence-corrected chi connectivity index (χ0v) is 17.4. The molecule has 0 aromatic heterocycles. The molecular formula is C20H19BrN2O3S. The number of thioether (sulfide) groups is 1. The lowest BCUT2D eigenvalue weighted by Crippen LogP contribution is -2.29. The van der Waals surface area contributed by atoms with Gasteiger partial charge < -0.3 is 9.84 Å².